The molecule has 1 aromatic rings. The van der Waals surface area contributed by atoms with E-state index < -0.39 is 5.97 Å². The molecule has 4 nitrogen and oxygen atoms in total. The Hall–Kier alpha value is -1.58. The Kier molecular flexibility index (Phi) is 3.84. The molecular formula is C14H19NO3. The zero-order valence-electron chi connectivity index (χ0n) is 10.8. The maximum Gasteiger partial charge on any atom is 0.341 e. The van der Waals surface area contributed by atoms with E-state index in [4.69, 9.17) is 9.84 Å². The van der Waals surface area contributed by atoms with Crippen LogP contribution in [0.5, 0.6) is 5.75 Å². The number of carboxylic acids is 1. The third kappa shape index (κ3) is 2.81. The summed E-state index contributed by atoms with van der Waals surface area (Å²) < 4.78 is 5.85. The van der Waals surface area contributed by atoms with Gasteiger partial charge >= 0.3 is 5.97 Å². The van der Waals surface area contributed by atoms with E-state index in [-0.39, 0.29) is 11.7 Å². The Morgan fingerprint density at radius 2 is 2.17 bits per heavy atom. The van der Waals surface area contributed by atoms with Gasteiger partial charge in [0.2, 0.25) is 0 Å². The lowest BCUT2D eigenvalue weighted by atomic mass is 9.80. The van der Waals surface area contributed by atoms with Crippen molar-refractivity contribution in [2.24, 2.45) is 11.8 Å². The van der Waals surface area contributed by atoms with E-state index in [1.165, 1.54) is 6.20 Å². The van der Waals surface area contributed by atoms with E-state index in [1.807, 2.05) is 0 Å². The van der Waals surface area contributed by atoms with Crippen LogP contribution in [0.25, 0.3) is 0 Å². The highest BCUT2D eigenvalue weighted by atomic mass is 16.5. The van der Waals surface area contributed by atoms with Gasteiger partial charge in [-0.15, -0.1) is 0 Å². The molecule has 3 atom stereocenters. The van der Waals surface area contributed by atoms with Gasteiger partial charge in [0.05, 0.1) is 6.10 Å². The standard InChI is InChI=1S/C14H19NO3/c1-9-3-4-11(7-10(9)2)18-13-5-6-15-8-12(13)14(16)17/h5-6,8-11H,3-4,7H2,1-2H3,(H,16,17). The molecule has 0 radical (unpaired) electrons. The molecule has 1 aliphatic carbocycles. The minimum absolute atomic E-state index is 0.122. The van der Waals surface area contributed by atoms with Gasteiger partial charge in [-0.05, 0) is 37.2 Å². The third-order valence-electron chi connectivity index (χ3n) is 3.86. The molecule has 0 aromatic carbocycles. The SMILES string of the molecule is CC1CCC(Oc2ccncc2C(=O)O)CC1C. The predicted octanol–water partition coefficient (Wildman–Crippen LogP) is 2.98. The molecular weight excluding hydrogens is 230 g/mol. The first-order valence-electron chi connectivity index (χ1n) is 6.42. The van der Waals surface area contributed by atoms with Crippen LogP contribution in [-0.4, -0.2) is 22.2 Å². The van der Waals surface area contributed by atoms with Gasteiger partial charge in [0.1, 0.15) is 11.3 Å². The Morgan fingerprint density at radius 3 is 2.83 bits per heavy atom. The number of carbonyl (C=O) groups is 1. The molecule has 98 valence electrons. The quantitative estimate of drug-likeness (QED) is 0.894. The molecule has 1 aromatic heterocycles. The molecule has 1 saturated carbocycles. The lowest BCUT2D eigenvalue weighted by molar-refractivity contribution is 0.0675. The highest BCUT2D eigenvalue weighted by molar-refractivity contribution is 5.90. The van der Waals surface area contributed by atoms with Gasteiger partial charge in [-0.1, -0.05) is 13.8 Å². The number of nitrogens with zero attached hydrogens (tertiary/aromatic N) is 1. The fourth-order valence-corrected chi connectivity index (χ4v) is 2.43. The number of pyridine rings is 1. The molecule has 18 heavy (non-hydrogen) atoms. The van der Waals surface area contributed by atoms with E-state index in [0.717, 1.165) is 25.2 Å². The smallest absolute Gasteiger partial charge is 0.341 e. The minimum atomic E-state index is -0.990. The van der Waals surface area contributed by atoms with Gasteiger partial charge in [0.15, 0.2) is 0 Å². The number of rotatable bonds is 3. The Bertz CT molecular complexity index is 433. The molecule has 1 fully saturated rings. The first kappa shape index (κ1) is 12.9. The van der Waals surface area contributed by atoms with Crippen molar-refractivity contribution in [3.63, 3.8) is 0 Å². The number of carboxylic acid groups (broad SMARTS) is 1. The lowest BCUT2D eigenvalue weighted by Gasteiger charge is -2.32. The number of aromatic nitrogens is 1. The molecule has 1 heterocycles. The first-order chi connectivity index (χ1) is 8.58. The Labute approximate surface area is 107 Å². The van der Waals surface area contributed by atoms with Crippen molar-refractivity contribution in [3.8, 4) is 5.75 Å². The van der Waals surface area contributed by atoms with E-state index in [9.17, 15) is 4.79 Å². The molecule has 1 aliphatic rings. The number of hydrogen-bond donors (Lipinski definition) is 1. The van der Waals surface area contributed by atoms with Crippen LogP contribution in [0.4, 0.5) is 0 Å². The highest BCUT2D eigenvalue weighted by Gasteiger charge is 2.26. The summed E-state index contributed by atoms with van der Waals surface area (Å²) in [7, 11) is 0. The molecule has 0 bridgehead atoms. The summed E-state index contributed by atoms with van der Waals surface area (Å²) in [5.74, 6) is 0.791. The molecule has 2 rings (SSSR count). The van der Waals surface area contributed by atoms with Crippen molar-refractivity contribution in [1.29, 1.82) is 0 Å². The van der Waals surface area contributed by atoms with Gasteiger partial charge < -0.3 is 9.84 Å². The average molecular weight is 249 g/mol. The van der Waals surface area contributed by atoms with E-state index >= 15 is 0 Å². The van der Waals surface area contributed by atoms with Gasteiger partial charge in [-0.2, -0.15) is 0 Å². The predicted molar refractivity (Wildman–Crippen MR) is 67.8 cm³/mol. The molecule has 3 unspecified atom stereocenters. The number of aromatic carboxylic acids is 1. The van der Waals surface area contributed by atoms with Crippen LogP contribution in [0.1, 0.15) is 43.5 Å². The average Bonchev–Trinajstić information content (AvgIpc) is 2.34. The van der Waals surface area contributed by atoms with Crippen molar-refractivity contribution in [1.82, 2.24) is 4.98 Å². The second-order valence-electron chi connectivity index (χ2n) is 5.18. The van der Waals surface area contributed by atoms with Crippen molar-refractivity contribution >= 4 is 5.97 Å². The largest absolute Gasteiger partial charge is 0.489 e. The van der Waals surface area contributed by atoms with Crippen molar-refractivity contribution in [2.45, 2.75) is 39.2 Å². The summed E-state index contributed by atoms with van der Waals surface area (Å²) in [4.78, 5) is 14.9. The monoisotopic (exact) mass is 249 g/mol. The zero-order valence-corrected chi connectivity index (χ0v) is 10.8. The molecule has 4 heteroatoms. The van der Waals surface area contributed by atoms with Gasteiger partial charge in [0.25, 0.3) is 0 Å². The number of ether oxygens (including phenoxy) is 1. The fourth-order valence-electron chi connectivity index (χ4n) is 2.43. The highest BCUT2D eigenvalue weighted by Crippen LogP contribution is 2.32. The fraction of sp³-hybridized carbons (Fsp3) is 0.571. The van der Waals surface area contributed by atoms with Crippen molar-refractivity contribution < 1.29 is 14.6 Å². The van der Waals surface area contributed by atoms with Crippen LogP contribution in [0.3, 0.4) is 0 Å². The van der Waals surface area contributed by atoms with E-state index in [2.05, 4.69) is 18.8 Å². The maximum absolute atomic E-state index is 11.1. The number of hydrogen-bond acceptors (Lipinski definition) is 3. The molecule has 1 N–H and O–H groups in total. The van der Waals surface area contributed by atoms with Crippen LogP contribution >= 0.6 is 0 Å². The van der Waals surface area contributed by atoms with Gasteiger partial charge in [-0.3, -0.25) is 4.98 Å². The van der Waals surface area contributed by atoms with Crippen molar-refractivity contribution in [3.05, 3.63) is 24.0 Å². The minimum Gasteiger partial charge on any atom is -0.489 e. The molecule has 0 saturated heterocycles. The first-order valence-corrected chi connectivity index (χ1v) is 6.42. The topological polar surface area (TPSA) is 59.4 Å². The van der Waals surface area contributed by atoms with Gasteiger partial charge in [0, 0.05) is 12.4 Å². The summed E-state index contributed by atoms with van der Waals surface area (Å²) in [5.41, 5.74) is 0.142. The lowest BCUT2D eigenvalue weighted by Crippen LogP contribution is -2.29. The maximum atomic E-state index is 11.1. The van der Waals surface area contributed by atoms with Crippen LogP contribution in [0.15, 0.2) is 18.5 Å². The van der Waals surface area contributed by atoms with Crippen LogP contribution in [0, 0.1) is 11.8 Å². The Balaban J connectivity index is 2.08. The van der Waals surface area contributed by atoms with Crippen molar-refractivity contribution in [2.75, 3.05) is 0 Å². The van der Waals surface area contributed by atoms with E-state index in [1.54, 1.807) is 12.3 Å². The molecule has 0 spiro atoms. The molecule has 0 aliphatic heterocycles. The van der Waals surface area contributed by atoms with Gasteiger partial charge in [-0.25, -0.2) is 4.79 Å². The van der Waals surface area contributed by atoms with Crippen LogP contribution in [0.2, 0.25) is 0 Å². The summed E-state index contributed by atoms with van der Waals surface area (Å²) in [6, 6.07) is 1.63. The normalized spacial score (nSPS) is 27.8. The second kappa shape index (κ2) is 5.38. The van der Waals surface area contributed by atoms with E-state index in [0.29, 0.717) is 11.7 Å². The molecule has 0 amide bonds. The summed E-state index contributed by atoms with van der Waals surface area (Å²) >= 11 is 0. The zero-order chi connectivity index (χ0) is 13.1. The van der Waals surface area contributed by atoms with Crippen LogP contribution < -0.4 is 4.74 Å². The summed E-state index contributed by atoms with van der Waals surface area (Å²) in [6.45, 7) is 4.49. The van der Waals surface area contributed by atoms with Crippen LogP contribution in [-0.2, 0) is 0 Å². The summed E-state index contributed by atoms with van der Waals surface area (Å²) in [5, 5.41) is 9.07. The summed E-state index contributed by atoms with van der Waals surface area (Å²) in [6.07, 6.45) is 6.15. The Morgan fingerprint density at radius 1 is 1.39 bits per heavy atom. The second-order valence-corrected chi connectivity index (χ2v) is 5.18. The third-order valence-corrected chi connectivity index (χ3v) is 3.86.